The Balaban J connectivity index is 0.000000810. The topological polar surface area (TPSA) is 31.5 Å². The van der Waals surface area contributed by atoms with Gasteiger partial charge in [-0.25, -0.2) is 0 Å². The van der Waals surface area contributed by atoms with E-state index in [-0.39, 0.29) is 5.48 Å². The van der Waals surface area contributed by atoms with Crippen LogP contribution in [0, 0.1) is 5.92 Å². The van der Waals surface area contributed by atoms with Crippen molar-refractivity contribution in [3.8, 4) is 0 Å². The average molecular weight is 144 g/mol. The van der Waals surface area contributed by atoms with Crippen molar-refractivity contribution >= 4 is 0 Å². The largest absolute Gasteiger partial charge is 0.412 e. The van der Waals surface area contributed by atoms with Crippen LogP contribution >= 0.6 is 0 Å². The van der Waals surface area contributed by atoms with E-state index in [4.69, 9.17) is 0 Å². The summed E-state index contributed by atoms with van der Waals surface area (Å²) in [6.45, 7) is 2.33. The summed E-state index contributed by atoms with van der Waals surface area (Å²) in [5, 5.41) is 0. The van der Waals surface area contributed by atoms with Crippen molar-refractivity contribution < 1.29 is 5.48 Å². The highest BCUT2D eigenvalue weighted by molar-refractivity contribution is 4.62. The van der Waals surface area contributed by atoms with Gasteiger partial charge in [-0.3, -0.25) is 0 Å². The fraction of sp³-hybridized carbons (Fsp3) is 1.00. The fourth-order valence-corrected chi connectivity index (χ4v) is 1.77. The van der Waals surface area contributed by atoms with Gasteiger partial charge in [0.05, 0.1) is 0 Å². The molecule has 1 rings (SSSR count). The van der Waals surface area contributed by atoms with Gasteiger partial charge in [0.1, 0.15) is 0 Å². The van der Waals surface area contributed by atoms with Crippen LogP contribution in [0.3, 0.4) is 0 Å². The van der Waals surface area contributed by atoms with E-state index in [0.717, 1.165) is 5.92 Å². The average Bonchev–Trinajstić information content (AvgIpc) is 2.13. The van der Waals surface area contributed by atoms with Crippen molar-refractivity contribution in [3.05, 3.63) is 0 Å². The van der Waals surface area contributed by atoms with Crippen molar-refractivity contribution in [3.63, 3.8) is 0 Å². The molecule has 0 aromatic carbocycles. The number of rotatable bonds is 1. The molecule has 1 saturated carbocycles. The minimum Gasteiger partial charge on any atom is -0.412 e. The van der Waals surface area contributed by atoms with Gasteiger partial charge in [-0.05, 0) is 5.92 Å². The molecule has 10 heavy (non-hydrogen) atoms. The number of hydrogen-bond donors (Lipinski definition) is 0. The number of hydrogen-bond acceptors (Lipinski definition) is 0. The summed E-state index contributed by atoms with van der Waals surface area (Å²) in [5.41, 5.74) is 0. The molecule has 0 aromatic heterocycles. The van der Waals surface area contributed by atoms with E-state index in [0.29, 0.717) is 0 Å². The molecule has 0 spiro atoms. The Morgan fingerprint density at radius 3 is 1.90 bits per heavy atom. The van der Waals surface area contributed by atoms with Crippen molar-refractivity contribution in [2.45, 2.75) is 51.9 Å². The summed E-state index contributed by atoms with van der Waals surface area (Å²) >= 11 is 0. The first kappa shape index (κ1) is 9.96. The third-order valence-electron chi connectivity index (χ3n) is 2.55. The Hall–Kier alpha value is -0.0400. The van der Waals surface area contributed by atoms with Crippen molar-refractivity contribution in [2.24, 2.45) is 5.92 Å². The molecule has 0 bridgehead atoms. The summed E-state index contributed by atoms with van der Waals surface area (Å²) in [7, 11) is 0. The molecular formula is C9H20O. The molecule has 0 radical (unpaired) electrons. The van der Waals surface area contributed by atoms with E-state index in [2.05, 4.69) is 6.92 Å². The summed E-state index contributed by atoms with van der Waals surface area (Å²) < 4.78 is 0. The zero-order valence-electron chi connectivity index (χ0n) is 7.03. The predicted octanol–water partition coefficient (Wildman–Crippen LogP) is 2.54. The van der Waals surface area contributed by atoms with Crippen molar-refractivity contribution in [2.75, 3.05) is 0 Å². The van der Waals surface area contributed by atoms with E-state index in [1.165, 1.54) is 44.9 Å². The van der Waals surface area contributed by atoms with Gasteiger partial charge >= 0.3 is 0 Å². The second-order valence-corrected chi connectivity index (χ2v) is 3.27. The van der Waals surface area contributed by atoms with E-state index in [1.54, 1.807) is 0 Å². The van der Waals surface area contributed by atoms with Crippen LogP contribution < -0.4 is 0 Å². The zero-order chi connectivity index (χ0) is 6.53. The summed E-state index contributed by atoms with van der Waals surface area (Å²) in [6.07, 6.45) is 10.4. The van der Waals surface area contributed by atoms with Gasteiger partial charge in [-0.1, -0.05) is 51.9 Å². The van der Waals surface area contributed by atoms with Crippen molar-refractivity contribution in [1.29, 1.82) is 0 Å². The lowest BCUT2D eigenvalue weighted by molar-refractivity contribution is 0.446. The van der Waals surface area contributed by atoms with Crippen LogP contribution in [0.5, 0.6) is 0 Å². The van der Waals surface area contributed by atoms with Crippen LogP contribution in [-0.2, 0) is 0 Å². The van der Waals surface area contributed by atoms with Crippen LogP contribution in [0.1, 0.15) is 51.9 Å². The zero-order valence-corrected chi connectivity index (χ0v) is 7.03. The molecule has 0 aliphatic heterocycles. The van der Waals surface area contributed by atoms with Crippen molar-refractivity contribution in [1.82, 2.24) is 0 Å². The van der Waals surface area contributed by atoms with Crippen LogP contribution in [0.2, 0.25) is 0 Å². The highest BCUT2D eigenvalue weighted by atomic mass is 16.0. The maximum Gasteiger partial charge on any atom is -0.0417 e. The van der Waals surface area contributed by atoms with Gasteiger partial charge in [0.2, 0.25) is 0 Å². The van der Waals surface area contributed by atoms with Crippen LogP contribution in [0.15, 0.2) is 0 Å². The second kappa shape index (κ2) is 5.72. The SMILES string of the molecule is CCC1CCCCCC1.O. The maximum atomic E-state index is 2.33. The van der Waals surface area contributed by atoms with E-state index in [1.807, 2.05) is 0 Å². The molecule has 1 heteroatoms. The minimum atomic E-state index is 0. The normalized spacial score (nSPS) is 21.3. The maximum absolute atomic E-state index is 2.33. The predicted molar refractivity (Wildman–Crippen MR) is 45.1 cm³/mol. The van der Waals surface area contributed by atoms with Crippen LogP contribution in [-0.4, -0.2) is 5.48 Å². The molecule has 0 atom stereocenters. The Labute approximate surface area is 64.1 Å². The van der Waals surface area contributed by atoms with E-state index in [9.17, 15) is 0 Å². The highest BCUT2D eigenvalue weighted by Crippen LogP contribution is 2.24. The summed E-state index contributed by atoms with van der Waals surface area (Å²) in [5.74, 6) is 1.08. The van der Waals surface area contributed by atoms with Gasteiger partial charge < -0.3 is 5.48 Å². The molecule has 1 aliphatic rings. The lowest BCUT2D eigenvalue weighted by atomic mass is 9.98. The first-order valence-electron chi connectivity index (χ1n) is 4.43. The Morgan fingerprint density at radius 1 is 1.00 bits per heavy atom. The summed E-state index contributed by atoms with van der Waals surface area (Å²) in [4.78, 5) is 0. The third kappa shape index (κ3) is 3.21. The quantitative estimate of drug-likeness (QED) is 0.506. The Bertz CT molecular complexity index is 63.1. The summed E-state index contributed by atoms with van der Waals surface area (Å²) in [6, 6.07) is 0. The molecule has 1 fully saturated rings. The first-order valence-corrected chi connectivity index (χ1v) is 4.43. The Morgan fingerprint density at radius 2 is 1.50 bits per heavy atom. The standard InChI is InChI=1S/C9H18.H2O/c1-2-9-7-5-3-4-6-8-9;/h9H,2-8H2,1H3;1H2. The minimum absolute atomic E-state index is 0. The molecular weight excluding hydrogens is 124 g/mol. The highest BCUT2D eigenvalue weighted by Gasteiger charge is 2.08. The van der Waals surface area contributed by atoms with E-state index >= 15 is 0 Å². The Kier molecular flexibility index (Phi) is 5.70. The monoisotopic (exact) mass is 144 g/mol. The second-order valence-electron chi connectivity index (χ2n) is 3.27. The smallest absolute Gasteiger partial charge is 0.0417 e. The van der Waals surface area contributed by atoms with Crippen LogP contribution in [0.4, 0.5) is 0 Å². The third-order valence-corrected chi connectivity index (χ3v) is 2.55. The lowest BCUT2D eigenvalue weighted by Gasteiger charge is -2.08. The van der Waals surface area contributed by atoms with Crippen LogP contribution in [0.25, 0.3) is 0 Å². The molecule has 0 saturated heterocycles. The van der Waals surface area contributed by atoms with Gasteiger partial charge in [-0.15, -0.1) is 0 Å². The van der Waals surface area contributed by atoms with Gasteiger partial charge in [0, 0.05) is 0 Å². The molecule has 1 aliphatic carbocycles. The molecule has 1 nitrogen and oxygen atoms in total. The van der Waals surface area contributed by atoms with E-state index < -0.39 is 0 Å². The van der Waals surface area contributed by atoms with Gasteiger partial charge in [0.25, 0.3) is 0 Å². The van der Waals surface area contributed by atoms with Gasteiger partial charge in [-0.2, -0.15) is 0 Å². The molecule has 0 aromatic rings. The first-order chi connectivity index (χ1) is 4.43. The molecule has 0 unspecified atom stereocenters. The molecule has 0 amide bonds. The fourth-order valence-electron chi connectivity index (χ4n) is 1.77. The lowest BCUT2D eigenvalue weighted by Crippen LogP contribution is -1.94. The van der Waals surface area contributed by atoms with Gasteiger partial charge in [0.15, 0.2) is 0 Å². The molecule has 2 N–H and O–H groups in total. The molecule has 62 valence electrons. The molecule has 0 heterocycles.